The number of anilines is 2. The molecule has 8 heteroatoms. The van der Waals surface area contributed by atoms with Crippen LogP contribution in [0.1, 0.15) is 10.4 Å². The third-order valence-electron chi connectivity index (χ3n) is 3.88. The number of rotatable bonds is 7. The summed E-state index contributed by atoms with van der Waals surface area (Å²) in [6.45, 7) is -0.378. The number of benzene rings is 3. The standard InChI is InChI=1S/C21H17N3O5/c25-20(14-29-19-9-5-4-8-18(19)24(27)28)22-16-10-12-17(13-11-16)23-21(26)15-6-2-1-3-7-15/h1-13H,14H2,(H,22,25)(H,23,26). The number of nitrogens with one attached hydrogen (secondary N) is 2. The number of para-hydroxylation sites is 2. The van der Waals surface area contributed by atoms with E-state index in [0.29, 0.717) is 16.9 Å². The highest BCUT2D eigenvalue weighted by atomic mass is 16.6. The highest BCUT2D eigenvalue weighted by Crippen LogP contribution is 2.25. The van der Waals surface area contributed by atoms with Gasteiger partial charge in [0.15, 0.2) is 12.4 Å². The summed E-state index contributed by atoms with van der Waals surface area (Å²) in [7, 11) is 0. The van der Waals surface area contributed by atoms with Crippen LogP contribution < -0.4 is 15.4 Å². The van der Waals surface area contributed by atoms with E-state index in [1.807, 2.05) is 6.07 Å². The van der Waals surface area contributed by atoms with Crippen molar-refractivity contribution in [3.8, 4) is 5.75 Å². The molecule has 29 heavy (non-hydrogen) atoms. The number of nitrogens with zero attached hydrogens (tertiary/aromatic N) is 1. The molecule has 2 N–H and O–H groups in total. The fourth-order valence-corrected chi connectivity index (χ4v) is 2.50. The quantitative estimate of drug-likeness (QED) is 0.469. The van der Waals surface area contributed by atoms with Crippen molar-refractivity contribution in [3.05, 3.63) is 94.5 Å². The van der Waals surface area contributed by atoms with E-state index in [4.69, 9.17) is 4.74 Å². The molecule has 0 radical (unpaired) electrons. The maximum Gasteiger partial charge on any atom is 0.310 e. The van der Waals surface area contributed by atoms with Crippen LogP contribution in [0.15, 0.2) is 78.9 Å². The van der Waals surface area contributed by atoms with Gasteiger partial charge in [-0.3, -0.25) is 19.7 Å². The van der Waals surface area contributed by atoms with Crippen molar-refractivity contribution in [2.75, 3.05) is 17.2 Å². The Morgan fingerprint density at radius 3 is 2.07 bits per heavy atom. The summed E-state index contributed by atoms with van der Waals surface area (Å²) in [5.74, 6) is -0.684. The SMILES string of the molecule is O=C(COc1ccccc1[N+](=O)[O-])Nc1ccc(NC(=O)c2ccccc2)cc1. The Bertz CT molecular complexity index is 1020. The highest BCUT2D eigenvalue weighted by Gasteiger charge is 2.15. The Hall–Kier alpha value is -4.20. The van der Waals surface area contributed by atoms with Crippen molar-refractivity contribution in [1.29, 1.82) is 0 Å². The van der Waals surface area contributed by atoms with Crippen molar-refractivity contribution < 1.29 is 19.2 Å². The highest BCUT2D eigenvalue weighted by molar-refractivity contribution is 6.04. The Balaban J connectivity index is 1.54. The molecule has 3 aromatic carbocycles. The van der Waals surface area contributed by atoms with Gasteiger partial charge in [0.2, 0.25) is 0 Å². The summed E-state index contributed by atoms with van der Waals surface area (Å²) in [5, 5.41) is 16.3. The van der Waals surface area contributed by atoms with Crippen molar-refractivity contribution >= 4 is 28.9 Å². The van der Waals surface area contributed by atoms with E-state index in [9.17, 15) is 19.7 Å². The van der Waals surface area contributed by atoms with E-state index in [1.54, 1.807) is 54.6 Å². The lowest BCUT2D eigenvalue weighted by atomic mass is 10.2. The Kier molecular flexibility index (Phi) is 6.16. The number of hydrogen-bond donors (Lipinski definition) is 2. The van der Waals surface area contributed by atoms with Crippen LogP contribution in [0.2, 0.25) is 0 Å². The molecule has 0 bridgehead atoms. The van der Waals surface area contributed by atoms with E-state index in [0.717, 1.165) is 0 Å². The zero-order valence-electron chi connectivity index (χ0n) is 15.2. The molecule has 0 unspecified atom stereocenters. The molecule has 0 aliphatic carbocycles. The Morgan fingerprint density at radius 1 is 0.828 bits per heavy atom. The normalized spacial score (nSPS) is 10.1. The smallest absolute Gasteiger partial charge is 0.310 e. The first-order chi connectivity index (χ1) is 14.0. The third kappa shape index (κ3) is 5.39. The first-order valence-electron chi connectivity index (χ1n) is 8.65. The second-order valence-corrected chi connectivity index (χ2v) is 5.96. The summed E-state index contributed by atoms with van der Waals surface area (Å²) < 4.78 is 5.25. The Morgan fingerprint density at radius 2 is 1.41 bits per heavy atom. The Labute approximate surface area is 166 Å². The van der Waals surface area contributed by atoms with Gasteiger partial charge in [-0.15, -0.1) is 0 Å². The summed E-state index contributed by atoms with van der Waals surface area (Å²) in [5.41, 5.74) is 1.41. The number of nitro benzene ring substituents is 1. The molecule has 0 fully saturated rings. The van der Waals surface area contributed by atoms with Gasteiger partial charge >= 0.3 is 5.69 Å². The average molecular weight is 391 g/mol. The lowest BCUT2D eigenvalue weighted by molar-refractivity contribution is -0.385. The summed E-state index contributed by atoms with van der Waals surface area (Å²) >= 11 is 0. The molecular formula is C21H17N3O5. The number of ether oxygens (including phenoxy) is 1. The fourth-order valence-electron chi connectivity index (χ4n) is 2.50. The minimum absolute atomic E-state index is 0.0200. The van der Waals surface area contributed by atoms with Gasteiger partial charge in [0.05, 0.1) is 4.92 Å². The van der Waals surface area contributed by atoms with Gasteiger partial charge in [-0.05, 0) is 42.5 Å². The maximum absolute atomic E-state index is 12.1. The lowest BCUT2D eigenvalue weighted by Crippen LogP contribution is -2.20. The zero-order valence-corrected chi connectivity index (χ0v) is 15.2. The third-order valence-corrected chi connectivity index (χ3v) is 3.88. The monoisotopic (exact) mass is 391 g/mol. The summed E-state index contributed by atoms with van der Waals surface area (Å²) in [6, 6.07) is 21.2. The van der Waals surface area contributed by atoms with E-state index < -0.39 is 10.8 Å². The molecule has 0 atom stereocenters. The van der Waals surface area contributed by atoms with E-state index >= 15 is 0 Å². The molecule has 0 spiro atoms. The van der Waals surface area contributed by atoms with Crippen molar-refractivity contribution in [1.82, 2.24) is 0 Å². The van der Waals surface area contributed by atoms with Crippen LogP contribution in [0.5, 0.6) is 5.75 Å². The van der Waals surface area contributed by atoms with Crippen molar-refractivity contribution in [3.63, 3.8) is 0 Å². The van der Waals surface area contributed by atoms with Crippen molar-refractivity contribution in [2.45, 2.75) is 0 Å². The first-order valence-corrected chi connectivity index (χ1v) is 8.65. The molecule has 0 aliphatic heterocycles. The molecule has 0 aliphatic rings. The molecule has 3 aromatic rings. The number of hydrogen-bond acceptors (Lipinski definition) is 5. The van der Waals surface area contributed by atoms with Crippen LogP contribution in [-0.4, -0.2) is 23.3 Å². The van der Waals surface area contributed by atoms with E-state index in [2.05, 4.69) is 10.6 Å². The number of nitro groups is 1. The largest absolute Gasteiger partial charge is 0.477 e. The molecule has 2 amide bonds. The van der Waals surface area contributed by atoms with Gasteiger partial charge in [0.25, 0.3) is 11.8 Å². The van der Waals surface area contributed by atoms with Gasteiger partial charge < -0.3 is 15.4 Å². The van der Waals surface area contributed by atoms with Crippen LogP contribution in [-0.2, 0) is 4.79 Å². The van der Waals surface area contributed by atoms with Crippen LogP contribution in [0.4, 0.5) is 17.1 Å². The predicted molar refractivity (Wildman–Crippen MR) is 108 cm³/mol. The molecule has 3 rings (SSSR count). The summed E-state index contributed by atoms with van der Waals surface area (Å²) in [6.07, 6.45) is 0. The molecule has 146 valence electrons. The van der Waals surface area contributed by atoms with Gasteiger partial charge in [-0.1, -0.05) is 30.3 Å². The van der Waals surface area contributed by atoms with E-state index in [-0.39, 0.29) is 24.0 Å². The second kappa shape index (κ2) is 9.14. The molecule has 0 saturated heterocycles. The number of carbonyl (C=O) groups is 2. The topological polar surface area (TPSA) is 111 Å². The summed E-state index contributed by atoms with van der Waals surface area (Å²) in [4.78, 5) is 34.5. The molecule has 8 nitrogen and oxygen atoms in total. The van der Waals surface area contributed by atoms with Gasteiger partial charge in [0.1, 0.15) is 0 Å². The zero-order chi connectivity index (χ0) is 20.6. The number of amides is 2. The second-order valence-electron chi connectivity index (χ2n) is 5.96. The fraction of sp³-hybridized carbons (Fsp3) is 0.0476. The molecule has 0 saturated carbocycles. The number of carbonyl (C=O) groups excluding carboxylic acids is 2. The maximum atomic E-state index is 12.1. The van der Waals surface area contributed by atoms with Crippen LogP contribution in [0, 0.1) is 10.1 Å². The lowest BCUT2D eigenvalue weighted by Gasteiger charge is -2.09. The minimum atomic E-state index is -0.574. The van der Waals surface area contributed by atoms with Gasteiger partial charge in [0, 0.05) is 23.0 Å². The molecule has 0 heterocycles. The van der Waals surface area contributed by atoms with E-state index in [1.165, 1.54) is 18.2 Å². The molecule has 0 aromatic heterocycles. The van der Waals surface area contributed by atoms with Crippen LogP contribution in [0.3, 0.4) is 0 Å². The predicted octanol–water partition coefficient (Wildman–Crippen LogP) is 3.86. The first kappa shape index (κ1) is 19.6. The van der Waals surface area contributed by atoms with Crippen LogP contribution in [0.25, 0.3) is 0 Å². The van der Waals surface area contributed by atoms with Crippen molar-refractivity contribution in [2.24, 2.45) is 0 Å². The van der Waals surface area contributed by atoms with Gasteiger partial charge in [-0.2, -0.15) is 0 Å². The molecular weight excluding hydrogens is 374 g/mol. The average Bonchev–Trinajstić information content (AvgIpc) is 2.74. The minimum Gasteiger partial charge on any atom is -0.477 e. The van der Waals surface area contributed by atoms with Crippen LogP contribution >= 0.6 is 0 Å². The van der Waals surface area contributed by atoms with Gasteiger partial charge in [-0.25, -0.2) is 0 Å².